The molecule has 0 unspecified atom stereocenters. The molecule has 1 amide bonds. The molecule has 1 N–H and O–H groups in total. The molecule has 0 radical (unpaired) electrons. The van der Waals surface area contributed by atoms with Crippen LogP contribution in [0.3, 0.4) is 0 Å². The summed E-state index contributed by atoms with van der Waals surface area (Å²) in [6.45, 7) is 3.75. The van der Waals surface area contributed by atoms with Crippen molar-refractivity contribution >= 4 is 28.6 Å². The Kier molecular flexibility index (Phi) is 6.08. The number of hydrogen-bond acceptors (Lipinski definition) is 5. The number of hydrogen-bond donors (Lipinski definition) is 1. The van der Waals surface area contributed by atoms with Gasteiger partial charge in [0, 0.05) is 23.5 Å². The largest absolute Gasteiger partial charge is 0.465 e. The van der Waals surface area contributed by atoms with Gasteiger partial charge in [0.15, 0.2) is 0 Å². The number of fused-ring (bicyclic) bond motifs is 1. The van der Waals surface area contributed by atoms with Crippen molar-refractivity contribution in [2.24, 2.45) is 0 Å². The van der Waals surface area contributed by atoms with Crippen molar-refractivity contribution in [1.29, 1.82) is 0 Å². The van der Waals surface area contributed by atoms with Gasteiger partial charge < -0.3 is 14.6 Å². The number of rotatable bonds is 6. The number of nitrogens with one attached hydrogen (secondary N) is 1. The second-order valence-electron chi connectivity index (χ2n) is 7.90. The van der Waals surface area contributed by atoms with Crippen LogP contribution in [0.25, 0.3) is 22.2 Å². The number of methoxy groups -OCH3 is 1. The smallest absolute Gasteiger partial charge is 0.337 e. The molecule has 0 fully saturated rings. The molecule has 33 heavy (non-hydrogen) atoms. The summed E-state index contributed by atoms with van der Waals surface area (Å²) in [6, 6.07) is 16.0. The zero-order chi connectivity index (χ0) is 23.5. The Bertz CT molecular complexity index is 1370. The van der Waals surface area contributed by atoms with E-state index in [9.17, 15) is 14.4 Å². The third-order valence-corrected chi connectivity index (χ3v) is 5.34. The first-order valence-corrected chi connectivity index (χ1v) is 10.5. The molecule has 0 aliphatic rings. The van der Waals surface area contributed by atoms with E-state index in [1.54, 1.807) is 45.9 Å². The number of aromatic nitrogens is 3. The van der Waals surface area contributed by atoms with Crippen LogP contribution < -0.4 is 10.9 Å². The van der Waals surface area contributed by atoms with Gasteiger partial charge in [-0.15, -0.1) is 0 Å². The summed E-state index contributed by atoms with van der Waals surface area (Å²) in [7, 11) is 1.31. The highest BCUT2D eigenvalue weighted by Crippen LogP contribution is 2.28. The molecule has 0 spiro atoms. The van der Waals surface area contributed by atoms with Gasteiger partial charge in [-0.05, 0) is 43.7 Å². The topological polar surface area (TPSA) is 95.2 Å². The molecule has 2 aromatic carbocycles. The van der Waals surface area contributed by atoms with Crippen molar-refractivity contribution in [3.05, 3.63) is 83.0 Å². The average molecular weight is 444 g/mol. The number of ether oxygens (including phenoxy) is 1. The lowest BCUT2D eigenvalue weighted by atomic mass is 10.1. The predicted molar refractivity (Wildman–Crippen MR) is 126 cm³/mol. The van der Waals surface area contributed by atoms with Gasteiger partial charge >= 0.3 is 5.97 Å². The fraction of sp³-hybridized carbons (Fsp3) is 0.200. The fourth-order valence-corrected chi connectivity index (χ4v) is 3.68. The lowest BCUT2D eigenvalue weighted by Crippen LogP contribution is -2.26. The van der Waals surface area contributed by atoms with E-state index in [0.717, 1.165) is 11.1 Å². The number of carbonyl (C=O) groups is 2. The summed E-state index contributed by atoms with van der Waals surface area (Å²) in [5.41, 5.74) is 3.35. The van der Waals surface area contributed by atoms with Gasteiger partial charge in [0.05, 0.1) is 19.0 Å². The molecule has 8 heteroatoms. The van der Waals surface area contributed by atoms with Crippen molar-refractivity contribution in [2.45, 2.75) is 26.4 Å². The maximum absolute atomic E-state index is 13.2. The predicted octanol–water partition coefficient (Wildman–Crippen LogP) is 3.87. The van der Waals surface area contributed by atoms with Crippen LogP contribution in [0.2, 0.25) is 0 Å². The minimum atomic E-state index is -0.450. The highest BCUT2D eigenvalue weighted by Gasteiger charge is 2.19. The Labute approximate surface area is 190 Å². The van der Waals surface area contributed by atoms with Crippen molar-refractivity contribution < 1.29 is 14.3 Å². The molecule has 2 aromatic heterocycles. The van der Waals surface area contributed by atoms with Crippen molar-refractivity contribution in [3.63, 3.8) is 0 Å². The van der Waals surface area contributed by atoms with Crippen LogP contribution in [0.4, 0.5) is 5.69 Å². The van der Waals surface area contributed by atoms with Crippen LogP contribution in [0.5, 0.6) is 0 Å². The van der Waals surface area contributed by atoms with Gasteiger partial charge in [0.2, 0.25) is 5.91 Å². The summed E-state index contributed by atoms with van der Waals surface area (Å²) in [5.74, 6) is -0.759. The number of anilines is 1. The van der Waals surface area contributed by atoms with Gasteiger partial charge in [0.25, 0.3) is 5.56 Å². The summed E-state index contributed by atoms with van der Waals surface area (Å²) in [5, 5.41) is 2.80. The van der Waals surface area contributed by atoms with E-state index in [2.05, 4.69) is 15.0 Å². The van der Waals surface area contributed by atoms with Crippen LogP contribution in [-0.2, 0) is 16.1 Å². The standard InChI is InChI=1S/C25H24N4O4/c1-16(2)29-15-26-22-20(17-7-5-4-6-8-17)13-28(23(22)24(29)31)14-21(30)27-19-11-9-18(10-12-19)25(32)33-3/h4-13,15-16H,14H2,1-3H3,(H,27,30). The third-order valence-electron chi connectivity index (χ3n) is 5.34. The highest BCUT2D eigenvalue weighted by molar-refractivity contribution is 5.96. The van der Waals surface area contributed by atoms with Crippen LogP contribution in [0, 0.1) is 0 Å². The second-order valence-corrected chi connectivity index (χ2v) is 7.90. The Hall–Kier alpha value is -4.20. The van der Waals surface area contributed by atoms with Gasteiger partial charge in [-0.2, -0.15) is 0 Å². The molecular weight excluding hydrogens is 420 g/mol. The SMILES string of the molecule is COC(=O)c1ccc(NC(=O)Cn2cc(-c3ccccc3)c3ncn(C(C)C)c(=O)c32)cc1. The molecule has 0 aliphatic carbocycles. The Morgan fingerprint density at radius 1 is 1.06 bits per heavy atom. The van der Waals surface area contributed by atoms with Crippen LogP contribution >= 0.6 is 0 Å². The van der Waals surface area contributed by atoms with Gasteiger partial charge in [-0.3, -0.25) is 14.2 Å². The fourth-order valence-electron chi connectivity index (χ4n) is 3.68. The number of benzene rings is 2. The Morgan fingerprint density at radius 3 is 2.39 bits per heavy atom. The first-order valence-electron chi connectivity index (χ1n) is 10.5. The number of amides is 1. The lowest BCUT2D eigenvalue weighted by molar-refractivity contribution is -0.116. The minimum absolute atomic E-state index is 0.0683. The monoisotopic (exact) mass is 444 g/mol. The first kappa shape index (κ1) is 22.0. The lowest BCUT2D eigenvalue weighted by Gasteiger charge is -2.11. The van der Waals surface area contributed by atoms with Crippen LogP contribution in [0.1, 0.15) is 30.2 Å². The van der Waals surface area contributed by atoms with E-state index in [-0.39, 0.29) is 24.1 Å². The normalized spacial score (nSPS) is 11.0. The van der Waals surface area contributed by atoms with Crippen LogP contribution in [-0.4, -0.2) is 33.1 Å². The van der Waals surface area contributed by atoms with Gasteiger partial charge in [-0.1, -0.05) is 30.3 Å². The molecule has 168 valence electrons. The molecule has 2 heterocycles. The van der Waals surface area contributed by atoms with Crippen molar-refractivity contribution in [1.82, 2.24) is 14.1 Å². The molecule has 4 rings (SSSR count). The number of nitrogens with zero attached hydrogens (tertiary/aromatic N) is 3. The molecule has 0 atom stereocenters. The van der Waals surface area contributed by atoms with Crippen molar-refractivity contribution in [3.8, 4) is 11.1 Å². The zero-order valence-electron chi connectivity index (χ0n) is 18.6. The summed E-state index contributed by atoms with van der Waals surface area (Å²) in [4.78, 5) is 42.2. The van der Waals surface area contributed by atoms with Crippen LogP contribution in [0.15, 0.2) is 71.9 Å². The van der Waals surface area contributed by atoms with E-state index in [1.165, 1.54) is 7.11 Å². The summed E-state index contributed by atoms with van der Waals surface area (Å²) in [6.07, 6.45) is 3.34. The van der Waals surface area contributed by atoms with Gasteiger partial charge in [0.1, 0.15) is 17.6 Å². The quantitative estimate of drug-likeness (QED) is 0.456. The molecule has 0 bridgehead atoms. The molecule has 0 saturated heterocycles. The van der Waals surface area contributed by atoms with E-state index in [1.807, 2.05) is 44.2 Å². The van der Waals surface area contributed by atoms with Crippen molar-refractivity contribution in [2.75, 3.05) is 12.4 Å². The third kappa shape index (κ3) is 4.41. The summed E-state index contributed by atoms with van der Waals surface area (Å²) >= 11 is 0. The average Bonchev–Trinajstić information content (AvgIpc) is 3.18. The van der Waals surface area contributed by atoms with Gasteiger partial charge in [-0.25, -0.2) is 9.78 Å². The van der Waals surface area contributed by atoms with E-state index in [0.29, 0.717) is 22.3 Å². The van der Waals surface area contributed by atoms with E-state index in [4.69, 9.17) is 0 Å². The van der Waals surface area contributed by atoms with E-state index < -0.39 is 5.97 Å². The maximum atomic E-state index is 13.2. The molecular formula is C25H24N4O4. The molecule has 0 aliphatic heterocycles. The minimum Gasteiger partial charge on any atom is -0.465 e. The molecule has 0 saturated carbocycles. The summed E-state index contributed by atoms with van der Waals surface area (Å²) < 4.78 is 7.88. The molecule has 8 nitrogen and oxygen atoms in total. The second kappa shape index (κ2) is 9.12. The van der Waals surface area contributed by atoms with E-state index >= 15 is 0 Å². The maximum Gasteiger partial charge on any atom is 0.337 e. The Morgan fingerprint density at radius 2 is 1.76 bits per heavy atom. The number of esters is 1. The molecule has 4 aromatic rings. The highest BCUT2D eigenvalue weighted by atomic mass is 16.5. The first-order chi connectivity index (χ1) is 15.9. The Balaban J connectivity index is 1.69. The zero-order valence-corrected chi connectivity index (χ0v) is 18.6. The number of carbonyl (C=O) groups excluding carboxylic acids is 2.